The minimum atomic E-state index is -0.937. The molecular weight excluding hydrogens is 277 g/mol. The number of hydrogen-bond donors (Lipinski definition) is 1. The molecule has 1 heterocycles. The van der Waals surface area contributed by atoms with Gasteiger partial charge in [-0.05, 0) is 19.1 Å². The van der Waals surface area contributed by atoms with E-state index in [-0.39, 0.29) is 17.0 Å². The van der Waals surface area contributed by atoms with Gasteiger partial charge in [-0.25, -0.2) is 9.37 Å². The summed E-state index contributed by atoms with van der Waals surface area (Å²) in [6.07, 6.45) is -0.116. The summed E-state index contributed by atoms with van der Waals surface area (Å²) < 4.78 is 13.7. The Hall–Kier alpha value is -1.46. The molecule has 18 heavy (non-hydrogen) atoms. The van der Waals surface area contributed by atoms with E-state index in [1.807, 2.05) is 0 Å². The van der Waals surface area contributed by atoms with Gasteiger partial charge in [-0.3, -0.25) is 4.79 Å². The van der Waals surface area contributed by atoms with Crippen molar-refractivity contribution in [2.45, 2.75) is 13.3 Å². The Labute approximate surface area is 112 Å². The summed E-state index contributed by atoms with van der Waals surface area (Å²) in [5, 5.41) is 9.44. The summed E-state index contributed by atoms with van der Waals surface area (Å²) >= 11 is 7.09. The fourth-order valence-corrected chi connectivity index (χ4v) is 2.96. The Morgan fingerprint density at radius 3 is 2.89 bits per heavy atom. The third kappa shape index (κ3) is 2.52. The second kappa shape index (κ2) is 5.04. The molecule has 0 radical (unpaired) electrons. The summed E-state index contributed by atoms with van der Waals surface area (Å²) in [5.41, 5.74) is 0.820. The van der Waals surface area contributed by atoms with Crippen molar-refractivity contribution in [1.82, 2.24) is 4.98 Å². The second-order valence-corrected chi connectivity index (χ2v) is 5.19. The van der Waals surface area contributed by atoms with Crippen LogP contribution in [-0.2, 0) is 11.2 Å². The van der Waals surface area contributed by atoms with E-state index < -0.39 is 11.8 Å². The molecule has 0 aliphatic heterocycles. The molecule has 6 heteroatoms. The minimum absolute atomic E-state index is 0.116. The summed E-state index contributed by atoms with van der Waals surface area (Å²) in [5.74, 6) is -1.40. The highest BCUT2D eigenvalue weighted by atomic mass is 35.5. The monoisotopic (exact) mass is 285 g/mol. The van der Waals surface area contributed by atoms with E-state index in [0.29, 0.717) is 15.6 Å². The van der Waals surface area contributed by atoms with Gasteiger partial charge in [0.2, 0.25) is 0 Å². The molecule has 0 aliphatic rings. The number of carbonyl (C=O) groups is 1. The zero-order valence-corrected chi connectivity index (χ0v) is 11.0. The van der Waals surface area contributed by atoms with Crippen LogP contribution in [0.5, 0.6) is 0 Å². The number of halogens is 2. The predicted molar refractivity (Wildman–Crippen MR) is 68.6 cm³/mol. The van der Waals surface area contributed by atoms with Crippen molar-refractivity contribution in [2.75, 3.05) is 0 Å². The van der Waals surface area contributed by atoms with Crippen LogP contribution in [0.2, 0.25) is 5.02 Å². The number of thiazole rings is 1. The number of carboxylic acids is 1. The van der Waals surface area contributed by atoms with Crippen molar-refractivity contribution in [2.24, 2.45) is 0 Å². The van der Waals surface area contributed by atoms with Crippen molar-refractivity contribution in [3.05, 3.63) is 39.6 Å². The number of aliphatic carboxylic acids is 1. The molecule has 1 aromatic heterocycles. The van der Waals surface area contributed by atoms with Crippen molar-refractivity contribution in [3.8, 4) is 10.6 Å². The van der Waals surface area contributed by atoms with Crippen LogP contribution in [0.1, 0.15) is 10.6 Å². The quantitative estimate of drug-likeness (QED) is 0.938. The van der Waals surface area contributed by atoms with E-state index in [1.54, 1.807) is 13.0 Å². The Kier molecular flexibility index (Phi) is 3.63. The average Bonchev–Trinajstić information content (AvgIpc) is 2.59. The molecule has 0 saturated carbocycles. The normalized spacial score (nSPS) is 10.6. The van der Waals surface area contributed by atoms with Gasteiger partial charge in [-0.1, -0.05) is 17.7 Å². The van der Waals surface area contributed by atoms with E-state index in [2.05, 4.69) is 4.98 Å². The highest BCUT2D eigenvalue weighted by Crippen LogP contribution is 2.34. The average molecular weight is 286 g/mol. The van der Waals surface area contributed by atoms with E-state index >= 15 is 0 Å². The largest absolute Gasteiger partial charge is 0.481 e. The number of carboxylic acid groups (broad SMARTS) is 1. The highest BCUT2D eigenvalue weighted by molar-refractivity contribution is 7.15. The minimum Gasteiger partial charge on any atom is -0.481 e. The SMILES string of the molecule is Cc1nc(-c2c(F)cccc2Cl)sc1CC(=O)O. The topological polar surface area (TPSA) is 50.2 Å². The Morgan fingerprint density at radius 2 is 2.28 bits per heavy atom. The van der Waals surface area contributed by atoms with E-state index in [0.717, 1.165) is 11.3 Å². The van der Waals surface area contributed by atoms with Gasteiger partial charge in [0.15, 0.2) is 0 Å². The zero-order chi connectivity index (χ0) is 13.3. The van der Waals surface area contributed by atoms with E-state index in [4.69, 9.17) is 16.7 Å². The molecule has 0 bridgehead atoms. The predicted octanol–water partition coefficient (Wildman–Crippen LogP) is 3.54. The van der Waals surface area contributed by atoms with Crippen molar-refractivity contribution < 1.29 is 14.3 Å². The fourth-order valence-electron chi connectivity index (χ4n) is 1.54. The van der Waals surface area contributed by atoms with Crippen LogP contribution >= 0.6 is 22.9 Å². The Morgan fingerprint density at radius 1 is 1.56 bits per heavy atom. The number of nitrogens with zero attached hydrogens (tertiary/aromatic N) is 1. The molecule has 0 saturated heterocycles. The number of hydrogen-bond acceptors (Lipinski definition) is 3. The maximum absolute atomic E-state index is 13.7. The molecule has 1 aromatic carbocycles. The number of aromatic nitrogens is 1. The van der Waals surface area contributed by atoms with Crippen molar-refractivity contribution >= 4 is 28.9 Å². The molecule has 0 spiro atoms. The van der Waals surface area contributed by atoms with Gasteiger partial charge in [-0.15, -0.1) is 11.3 Å². The first-order valence-corrected chi connectivity index (χ1v) is 6.31. The van der Waals surface area contributed by atoms with E-state index in [9.17, 15) is 9.18 Å². The van der Waals surface area contributed by atoms with Gasteiger partial charge in [0.25, 0.3) is 0 Å². The van der Waals surface area contributed by atoms with Crippen LogP contribution in [0.3, 0.4) is 0 Å². The van der Waals surface area contributed by atoms with Crippen LogP contribution in [0.15, 0.2) is 18.2 Å². The second-order valence-electron chi connectivity index (χ2n) is 3.69. The summed E-state index contributed by atoms with van der Waals surface area (Å²) in [6.45, 7) is 1.70. The van der Waals surface area contributed by atoms with Gasteiger partial charge >= 0.3 is 5.97 Å². The lowest BCUT2D eigenvalue weighted by Gasteiger charge is -2.00. The fraction of sp³-hybridized carbons (Fsp3) is 0.167. The molecule has 0 fully saturated rings. The Bertz CT molecular complexity index is 592. The maximum Gasteiger partial charge on any atom is 0.308 e. The van der Waals surface area contributed by atoms with Gasteiger partial charge in [0.05, 0.1) is 22.7 Å². The lowest BCUT2D eigenvalue weighted by Crippen LogP contribution is -1.99. The molecule has 2 aromatic rings. The van der Waals surface area contributed by atoms with Crippen molar-refractivity contribution in [1.29, 1.82) is 0 Å². The van der Waals surface area contributed by atoms with Crippen molar-refractivity contribution in [3.63, 3.8) is 0 Å². The third-order valence-corrected chi connectivity index (χ3v) is 3.87. The zero-order valence-electron chi connectivity index (χ0n) is 9.41. The first kappa shape index (κ1) is 13.0. The molecule has 94 valence electrons. The molecule has 0 amide bonds. The van der Waals surface area contributed by atoms with Gasteiger partial charge in [0.1, 0.15) is 10.8 Å². The van der Waals surface area contributed by atoms with E-state index in [1.165, 1.54) is 12.1 Å². The first-order valence-electron chi connectivity index (χ1n) is 5.11. The summed E-state index contributed by atoms with van der Waals surface area (Å²) in [6, 6.07) is 4.39. The molecule has 2 rings (SSSR count). The van der Waals surface area contributed by atoms with Crippen LogP contribution in [0, 0.1) is 12.7 Å². The standard InChI is InChI=1S/C12H9ClFNO2S/c1-6-9(5-10(16)17)18-12(15-6)11-7(13)3-2-4-8(11)14/h2-4H,5H2,1H3,(H,16,17). The molecule has 1 N–H and O–H groups in total. The molecule has 0 unspecified atom stereocenters. The molecule has 0 aliphatic carbocycles. The van der Waals surface area contributed by atoms with Crippen LogP contribution in [0.4, 0.5) is 4.39 Å². The lowest BCUT2D eigenvalue weighted by atomic mass is 10.2. The lowest BCUT2D eigenvalue weighted by molar-refractivity contribution is -0.136. The molecular formula is C12H9ClFNO2S. The highest BCUT2D eigenvalue weighted by Gasteiger charge is 2.17. The van der Waals surface area contributed by atoms with Crippen LogP contribution in [0.25, 0.3) is 10.6 Å². The molecule has 3 nitrogen and oxygen atoms in total. The van der Waals surface area contributed by atoms with Gasteiger partial charge in [-0.2, -0.15) is 0 Å². The van der Waals surface area contributed by atoms with Gasteiger partial charge in [0, 0.05) is 4.88 Å². The molecule has 0 atom stereocenters. The summed E-state index contributed by atoms with van der Waals surface area (Å²) in [7, 11) is 0. The Balaban J connectivity index is 2.49. The number of aryl methyl sites for hydroxylation is 1. The summed E-state index contributed by atoms with van der Waals surface area (Å²) in [4.78, 5) is 15.5. The van der Waals surface area contributed by atoms with Gasteiger partial charge < -0.3 is 5.11 Å². The third-order valence-electron chi connectivity index (χ3n) is 2.38. The van der Waals surface area contributed by atoms with Crippen LogP contribution in [-0.4, -0.2) is 16.1 Å². The first-order chi connectivity index (χ1) is 8.49. The smallest absolute Gasteiger partial charge is 0.308 e. The van der Waals surface area contributed by atoms with Crippen LogP contribution < -0.4 is 0 Å². The maximum atomic E-state index is 13.7. The number of benzene rings is 1. The number of rotatable bonds is 3.